The van der Waals surface area contributed by atoms with Crippen molar-refractivity contribution in [2.45, 2.75) is 18.4 Å². The van der Waals surface area contributed by atoms with Crippen molar-refractivity contribution in [2.24, 2.45) is 0 Å². The lowest BCUT2D eigenvalue weighted by molar-refractivity contribution is 0.600. The van der Waals surface area contributed by atoms with Gasteiger partial charge in [-0.3, -0.25) is 9.40 Å². The Bertz CT molecular complexity index is 679. The third-order valence-corrected chi connectivity index (χ3v) is 4.11. The molecule has 1 aromatic carbocycles. The summed E-state index contributed by atoms with van der Waals surface area (Å²) in [7, 11) is -3.75. The molecular weight excluding hydrogens is 288 g/mol. The van der Waals surface area contributed by atoms with E-state index in [9.17, 15) is 8.42 Å². The van der Waals surface area contributed by atoms with E-state index in [1.807, 2.05) is 6.92 Å². The van der Waals surface area contributed by atoms with Crippen molar-refractivity contribution < 1.29 is 8.42 Å². The molecular formula is C11H13ClN4O2S. The zero-order valence-electron chi connectivity index (χ0n) is 10.2. The van der Waals surface area contributed by atoms with Crippen molar-refractivity contribution in [1.82, 2.24) is 9.78 Å². The molecule has 0 saturated heterocycles. The molecule has 102 valence electrons. The van der Waals surface area contributed by atoms with E-state index in [0.717, 1.165) is 0 Å². The first-order valence-corrected chi connectivity index (χ1v) is 7.40. The van der Waals surface area contributed by atoms with Crippen LogP contribution in [0, 0.1) is 0 Å². The summed E-state index contributed by atoms with van der Waals surface area (Å²) in [5, 5.41) is 4.43. The van der Waals surface area contributed by atoms with Crippen molar-refractivity contribution in [1.29, 1.82) is 0 Å². The fourth-order valence-corrected chi connectivity index (χ4v) is 2.77. The smallest absolute Gasteiger partial charge is 0.267 e. The Morgan fingerprint density at radius 2 is 2.00 bits per heavy atom. The second kappa shape index (κ2) is 5.10. The van der Waals surface area contributed by atoms with Gasteiger partial charge in [0.25, 0.3) is 10.0 Å². The van der Waals surface area contributed by atoms with Crippen molar-refractivity contribution in [3.8, 4) is 0 Å². The second-order valence-electron chi connectivity index (χ2n) is 3.85. The Hall–Kier alpha value is -1.73. The molecule has 0 fully saturated rings. The first-order valence-electron chi connectivity index (χ1n) is 5.53. The minimum atomic E-state index is -3.75. The molecule has 0 amide bonds. The van der Waals surface area contributed by atoms with Gasteiger partial charge in [0.05, 0.1) is 0 Å². The summed E-state index contributed by atoms with van der Waals surface area (Å²) in [6.07, 6.45) is 1.40. The number of nitrogens with two attached hydrogens (primary N) is 1. The van der Waals surface area contributed by atoms with Crippen LogP contribution in [0.1, 0.15) is 6.92 Å². The van der Waals surface area contributed by atoms with Crippen LogP contribution in [0.3, 0.4) is 0 Å². The van der Waals surface area contributed by atoms with E-state index < -0.39 is 10.0 Å². The Morgan fingerprint density at radius 1 is 1.37 bits per heavy atom. The SMILES string of the molecule is CCn1cc(S(=O)(=O)Nc2ccc(Cl)cc2)c(N)n1. The molecule has 2 aromatic rings. The topological polar surface area (TPSA) is 90.0 Å². The van der Waals surface area contributed by atoms with E-state index in [4.69, 9.17) is 17.3 Å². The number of hydrogen-bond donors (Lipinski definition) is 2. The van der Waals surface area contributed by atoms with Crippen molar-refractivity contribution in [2.75, 3.05) is 10.5 Å². The molecule has 0 radical (unpaired) electrons. The molecule has 0 aliphatic heterocycles. The average molecular weight is 301 g/mol. The third kappa shape index (κ3) is 2.99. The first-order chi connectivity index (χ1) is 8.92. The zero-order valence-corrected chi connectivity index (χ0v) is 11.7. The second-order valence-corrected chi connectivity index (χ2v) is 5.93. The molecule has 1 heterocycles. The monoisotopic (exact) mass is 300 g/mol. The number of halogens is 1. The lowest BCUT2D eigenvalue weighted by atomic mass is 10.3. The highest BCUT2D eigenvalue weighted by Crippen LogP contribution is 2.21. The Labute approximate surface area is 116 Å². The summed E-state index contributed by atoms with van der Waals surface area (Å²) in [6, 6.07) is 6.33. The number of aryl methyl sites for hydroxylation is 1. The van der Waals surface area contributed by atoms with E-state index in [1.54, 1.807) is 24.3 Å². The standard InChI is InChI=1S/C11H13ClN4O2S/c1-2-16-7-10(11(13)14-16)19(17,18)15-9-5-3-8(12)4-6-9/h3-7,15H,2H2,1H3,(H2,13,14). The van der Waals surface area contributed by atoms with Crippen LogP contribution in [-0.4, -0.2) is 18.2 Å². The summed E-state index contributed by atoms with van der Waals surface area (Å²) in [4.78, 5) is -0.0377. The van der Waals surface area contributed by atoms with Crippen LogP contribution in [0.2, 0.25) is 5.02 Å². The average Bonchev–Trinajstić information content (AvgIpc) is 2.74. The molecule has 8 heteroatoms. The van der Waals surface area contributed by atoms with Gasteiger partial charge in [-0.2, -0.15) is 5.10 Å². The van der Waals surface area contributed by atoms with Gasteiger partial charge in [0.15, 0.2) is 5.82 Å². The van der Waals surface area contributed by atoms with Crippen molar-refractivity contribution in [3.05, 3.63) is 35.5 Å². The van der Waals surface area contributed by atoms with Gasteiger partial charge in [0, 0.05) is 23.5 Å². The quantitative estimate of drug-likeness (QED) is 0.903. The van der Waals surface area contributed by atoms with Crippen molar-refractivity contribution >= 4 is 33.1 Å². The van der Waals surface area contributed by atoms with Gasteiger partial charge in [-0.15, -0.1) is 0 Å². The van der Waals surface area contributed by atoms with Gasteiger partial charge in [-0.05, 0) is 31.2 Å². The normalized spacial score (nSPS) is 11.5. The van der Waals surface area contributed by atoms with E-state index in [2.05, 4.69) is 9.82 Å². The first kappa shape index (κ1) is 13.7. The zero-order chi connectivity index (χ0) is 14.0. The lowest BCUT2D eigenvalue weighted by Gasteiger charge is -2.06. The lowest BCUT2D eigenvalue weighted by Crippen LogP contribution is -2.13. The molecule has 1 aromatic heterocycles. The van der Waals surface area contributed by atoms with E-state index >= 15 is 0 Å². The maximum Gasteiger partial charge on any atom is 0.267 e. The number of hydrogen-bond acceptors (Lipinski definition) is 4. The summed E-state index contributed by atoms with van der Waals surface area (Å²) in [6.45, 7) is 2.39. The predicted molar refractivity (Wildman–Crippen MR) is 74.6 cm³/mol. The van der Waals surface area contributed by atoms with Crippen LogP contribution in [0.25, 0.3) is 0 Å². The number of benzene rings is 1. The van der Waals surface area contributed by atoms with Gasteiger partial charge < -0.3 is 5.73 Å². The van der Waals surface area contributed by atoms with E-state index in [1.165, 1.54) is 10.9 Å². The Morgan fingerprint density at radius 3 is 2.53 bits per heavy atom. The highest BCUT2D eigenvalue weighted by Gasteiger charge is 2.21. The summed E-state index contributed by atoms with van der Waals surface area (Å²) >= 11 is 5.74. The number of nitrogens with one attached hydrogen (secondary N) is 1. The van der Waals surface area contributed by atoms with Crippen molar-refractivity contribution in [3.63, 3.8) is 0 Å². The molecule has 0 aliphatic rings. The molecule has 0 unspecified atom stereocenters. The molecule has 0 spiro atoms. The highest BCUT2D eigenvalue weighted by atomic mass is 35.5. The summed E-state index contributed by atoms with van der Waals surface area (Å²) in [5.74, 6) is -0.0247. The largest absolute Gasteiger partial charge is 0.381 e. The summed E-state index contributed by atoms with van der Waals surface area (Å²) < 4.78 is 28.2. The number of aromatic nitrogens is 2. The molecule has 0 saturated carbocycles. The van der Waals surface area contributed by atoms with Gasteiger partial charge >= 0.3 is 0 Å². The Kier molecular flexibility index (Phi) is 3.68. The van der Waals surface area contributed by atoms with Gasteiger partial charge in [-0.1, -0.05) is 11.6 Å². The third-order valence-electron chi connectivity index (χ3n) is 2.46. The number of sulfonamides is 1. The minimum absolute atomic E-state index is 0.0247. The van der Waals surface area contributed by atoms with Gasteiger partial charge in [0.2, 0.25) is 0 Å². The van der Waals surface area contributed by atoms with Crippen LogP contribution >= 0.6 is 11.6 Å². The molecule has 0 aliphatic carbocycles. The van der Waals surface area contributed by atoms with Gasteiger partial charge in [0.1, 0.15) is 4.90 Å². The number of nitrogen functional groups attached to an aromatic ring is 1. The Balaban J connectivity index is 2.31. The molecule has 0 atom stereocenters. The number of nitrogens with zero attached hydrogens (tertiary/aromatic N) is 2. The molecule has 19 heavy (non-hydrogen) atoms. The van der Waals surface area contributed by atoms with E-state index in [0.29, 0.717) is 17.3 Å². The fourth-order valence-electron chi connectivity index (χ4n) is 1.52. The van der Waals surface area contributed by atoms with Crippen LogP contribution in [0.15, 0.2) is 35.4 Å². The molecule has 6 nitrogen and oxygen atoms in total. The van der Waals surface area contributed by atoms with Gasteiger partial charge in [-0.25, -0.2) is 8.42 Å². The molecule has 2 rings (SSSR count). The van der Waals surface area contributed by atoms with Crippen LogP contribution in [0.5, 0.6) is 0 Å². The summed E-state index contributed by atoms with van der Waals surface area (Å²) in [5.41, 5.74) is 6.02. The molecule has 0 bridgehead atoms. The van der Waals surface area contributed by atoms with Crippen LogP contribution < -0.4 is 10.5 Å². The predicted octanol–water partition coefficient (Wildman–Crippen LogP) is 1.94. The number of anilines is 2. The number of rotatable bonds is 4. The van der Waals surface area contributed by atoms with Crippen LogP contribution in [0.4, 0.5) is 11.5 Å². The highest BCUT2D eigenvalue weighted by molar-refractivity contribution is 7.92. The minimum Gasteiger partial charge on any atom is -0.381 e. The van der Waals surface area contributed by atoms with E-state index in [-0.39, 0.29) is 10.7 Å². The fraction of sp³-hybridized carbons (Fsp3) is 0.182. The van der Waals surface area contributed by atoms with Crippen LogP contribution in [-0.2, 0) is 16.6 Å². The maximum absolute atomic E-state index is 12.2. The molecule has 3 N–H and O–H groups in total. The maximum atomic E-state index is 12.2.